The van der Waals surface area contributed by atoms with Gasteiger partial charge in [0.15, 0.2) is 0 Å². The average Bonchev–Trinajstić information content (AvgIpc) is 3.93. The summed E-state index contributed by atoms with van der Waals surface area (Å²) in [6.45, 7) is 3.89. The predicted molar refractivity (Wildman–Crippen MR) is 174 cm³/mol. The second-order valence-electron chi connectivity index (χ2n) is 10.9. The molecule has 232 valence electrons. The van der Waals surface area contributed by atoms with Crippen LogP contribution in [0.1, 0.15) is 5.56 Å². The van der Waals surface area contributed by atoms with Crippen LogP contribution in [-0.2, 0) is 20.6 Å². The highest BCUT2D eigenvalue weighted by Gasteiger charge is 2.24. The Balaban J connectivity index is 0.000000120. The van der Waals surface area contributed by atoms with E-state index in [1.54, 1.807) is 7.11 Å². The van der Waals surface area contributed by atoms with Crippen molar-refractivity contribution >= 4 is 10.8 Å². The standard InChI is InChI=1S/C15H14O2.C13H12O2.C10H12O3/c1-2-4-13(5-3-1)17-14-8-6-12(7-9-14)10-15-11-16-15;1-2-4-11-7-12(6-5-10(11)3-1)14-8-13-9-15-13;1-11-8-2-4-9(5-3-8)12-6-10-7-13-10/h1-9,15H,10-11H2;1-7,13H,8-9H2;2-5,10H,6-7H2,1H3. The first-order valence-electron chi connectivity index (χ1n) is 15.3. The maximum atomic E-state index is 5.72. The zero-order valence-electron chi connectivity index (χ0n) is 25.4. The van der Waals surface area contributed by atoms with E-state index < -0.39 is 0 Å². The monoisotopic (exact) mass is 606 g/mol. The van der Waals surface area contributed by atoms with Crippen molar-refractivity contribution in [2.45, 2.75) is 24.7 Å². The van der Waals surface area contributed by atoms with E-state index in [2.05, 4.69) is 36.4 Å². The summed E-state index contributed by atoms with van der Waals surface area (Å²) in [5, 5.41) is 2.46. The maximum Gasteiger partial charge on any atom is 0.127 e. The lowest BCUT2D eigenvalue weighted by Crippen LogP contribution is -2.03. The minimum Gasteiger partial charge on any atom is -0.497 e. The summed E-state index contributed by atoms with van der Waals surface area (Å²) in [4.78, 5) is 0. The predicted octanol–water partition coefficient (Wildman–Crippen LogP) is 7.51. The molecule has 0 saturated carbocycles. The Morgan fingerprint density at radius 1 is 0.511 bits per heavy atom. The molecule has 3 heterocycles. The van der Waals surface area contributed by atoms with E-state index in [0.29, 0.717) is 31.5 Å². The van der Waals surface area contributed by atoms with Crippen LogP contribution in [0.3, 0.4) is 0 Å². The molecule has 5 aromatic carbocycles. The molecule has 45 heavy (non-hydrogen) atoms. The van der Waals surface area contributed by atoms with Gasteiger partial charge in [-0.05, 0) is 77.0 Å². The van der Waals surface area contributed by atoms with Crippen LogP contribution in [0, 0.1) is 0 Å². The molecule has 7 heteroatoms. The van der Waals surface area contributed by atoms with Crippen molar-refractivity contribution < 1.29 is 33.2 Å². The Labute approximate surface area is 264 Å². The second-order valence-corrected chi connectivity index (χ2v) is 10.9. The highest BCUT2D eigenvalue weighted by molar-refractivity contribution is 5.83. The molecular weight excluding hydrogens is 568 g/mol. The van der Waals surface area contributed by atoms with E-state index >= 15 is 0 Å². The lowest BCUT2D eigenvalue weighted by Gasteiger charge is -2.06. The number of methoxy groups -OCH3 is 1. The molecule has 8 rings (SSSR count). The number of benzene rings is 5. The molecule has 0 spiro atoms. The summed E-state index contributed by atoms with van der Waals surface area (Å²) in [5.74, 6) is 4.36. The Bertz CT molecular complexity index is 1590. The van der Waals surface area contributed by atoms with Crippen molar-refractivity contribution in [1.82, 2.24) is 0 Å². The maximum absolute atomic E-state index is 5.72. The molecule has 0 aliphatic carbocycles. The van der Waals surface area contributed by atoms with Gasteiger partial charge in [0.05, 0.1) is 33.0 Å². The summed E-state index contributed by atoms with van der Waals surface area (Å²) in [6, 6.07) is 40.0. The number of hydrogen-bond acceptors (Lipinski definition) is 7. The van der Waals surface area contributed by atoms with Crippen LogP contribution in [0.15, 0.2) is 121 Å². The van der Waals surface area contributed by atoms with Gasteiger partial charge in [0.25, 0.3) is 0 Å². The molecule has 0 amide bonds. The quantitative estimate of drug-likeness (QED) is 0.144. The lowest BCUT2D eigenvalue weighted by atomic mass is 10.1. The Morgan fingerprint density at radius 3 is 1.64 bits per heavy atom. The average molecular weight is 607 g/mol. The Morgan fingerprint density at radius 2 is 1.02 bits per heavy atom. The van der Waals surface area contributed by atoms with E-state index in [-0.39, 0.29) is 0 Å². The molecule has 7 nitrogen and oxygen atoms in total. The fourth-order valence-electron chi connectivity index (χ4n) is 4.40. The highest BCUT2D eigenvalue weighted by atomic mass is 16.6. The first-order chi connectivity index (χ1) is 22.2. The van der Waals surface area contributed by atoms with Crippen molar-refractivity contribution in [3.05, 3.63) is 127 Å². The molecule has 3 aliphatic rings. The van der Waals surface area contributed by atoms with Crippen molar-refractivity contribution in [3.8, 4) is 28.7 Å². The van der Waals surface area contributed by atoms with E-state index in [0.717, 1.165) is 55.0 Å². The molecule has 0 bridgehead atoms. The molecule has 5 aromatic rings. The summed E-state index contributed by atoms with van der Waals surface area (Å²) < 4.78 is 37.1. The SMILES string of the molecule is COc1ccc(OCC2CO2)cc1.c1ccc(Oc2ccc(CC3CO3)cc2)cc1.c1ccc2cc(OCC3CO3)ccc2c1. The van der Waals surface area contributed by atoms with Gasteiger partial charge in [-0.1, -0.05) is 60.7 Å². The summed E-state index contributed by atoms with van der Waals surface area (Å²) in [6.07, 6.45) is 2.07. The zero-order valence-corrected chi connectivity index (χ0v) is 25.4. The third-order valence-corrected chi connectivity index (χ3v) is 7.22. The fourth-order valence-corrected chi connectivity index (χ4v) is 4.40. The second kappa shape index (κ2) is 15.4. The van der Waals surface area contributed by atoms with Crippen LogP contribution in [0.2, 0.25) is 0 Å². The Hall–Kier alpha value is -4.56. The molecule has 3 aliphatic heterocycles. The van der Waals surface area contributed by atoms with Crippen molar-refractivity contribution in [1.29, 1.82) is 0 Å². The summed E-state index contributed by atoms with van der Waals surface area (Å²) in [7, 11) is 1.65. The van der Waals surface area contributed by atoms with Crippen LogP contribution in [0.25, 0.3) is 10.8 Å². The summed E-state index contributed by atoms with van der Waals surface area (Å²) >= 11 is 0. The van der Waals surface area contributed by atoms with Crippen molar-refractivity contribution in [3.63, 3.8) is 0 Å². The zero-order chi connectivity index (χ0) is 30.7. The number of fused-ring (bicyclic) bond motifs is 1. The molecule has 0 radical (unpaired) electrons. The minimum absolute atomic E-state index is 0.308. The third-order valence-electron chi connectivity index (χ3n) is 7.22. The molecule has 3 atom stereocenters. The first-order valence-corrected chi connectivity index (χ1v) is 15.3. The largest absolute Gasteiger partial charge is 0.497 e. The minimum atomic E-state index is 0.308. The van der Waals surface area contributed by atoms with Crippen molar-refractivity contribution in [2.75, 3.05) is 40.1 Å². The molecule has 3 fully saturated rings. The Kier molecular flexibility index (Phi) is 10.5. The molecule has 3 unspecified atom stereocenters. The fraction of sp³-hybridized carbons (Fsp3) is 0.263. The number of para-hydroxylation sites is 1. The molecular formula is C38H38O7. The number of rotatable bonds is 11. The van der Waals surface area contributed by atoms with Crippen molar-refractivity contribution in [2.24, 2.45) is 0 Å². The van der Waals surface area contributed by atoms with Gasteiger partial charge in [0.1, 0.15) is 54.2 Å². The van der Waals surface area contributed by atoms with Gasteiger partial charge < -0.3 is 33.2 Å². The van der Waals surface area contributed by atoms with Crippen LogP contribution in [-0.4, -0.2) is 58.5 Å². The molecule has 0 aromatic heterocycles. The number of epoxide rings is 3. The van der Waals surface area contributed by atoms with E-state index in [1.807, 2.05) is 84.9 Å². The molecule has 3 saturated heterocycles. The van der Waals surface area contributed by atoms with Gasteiger partial charge >= 0.3 is 0 Å². The first kappa shape index (κ1) is 30.5. The van der Waals surface area contributed by atoms with Gasteiger partial charge in [-0.25, -0.2) is 0 Å². The van der Waals surface area contributed by atoms with E-state index in [9.17, 15) is 0 Å². The van der Waals surface area contributed by atoms with E-state index in [4.69, 9.17) is 33.2 Å². The van der Waals surface area contributed by atoms with Gasteiger partial charge in [-0.3, -0.25) is 0 Å². The van der Waals surface area contributed by atoms with Crippen LogP contribution >= 0.6 is 0 Å². The number of hydrogen-bond donors (Lipinski definition) is 0. The van der Waals surface area contributed by atoms with Gasteiger partial charge in [-0.15, -0.1) is 0 Å². The topological polar surface area (TPSA) is 74.5 Å². The smallest absolute Gasteiger partial charge is 0.127 e. The van der Waals surface area contributed by atoms with Crippen LogP contribution in [0.5, 0.6) is 28.7 Å². The normalized spacial score (nSPS) is 18.7. The van der Waals surface area contributed by atoms with Gasteiger partial charge in [0.2, 0.25) is 0 Å². The lowest BCUT2D eigenvalue weighted by molar-refractivity contribution is 0.262. The highest BCUT2D eigenvalue weighted by Crippen LogP contribution is 2.24. The third kappa shape index (κ3) is 10.5. The van der Waals surface area contributed by atoms with Gasteiger partial charge in [0, 0.05) is 6.42 Å². The van der Waals surface area contributed by atoms with E-state index in [1.165, 1.54) is 16.3 Å². The molecule has 0 N–H and O–H groups in total. The summed E-state index contributed by atoms with van der Waals surface area (Å²) in [5.41, 5.74) is 1.30. The van der Waals surface area contributed by atoms with Crippen LogP contribution < -0.4 is 18.9 Å². The number of ether oxygens (including phenoxy) is 7. The van der Waals surface area contributed by atoms with Gasteiger partial charge in [-0.2, -0.15) is 0 Å². The van der Waals surface area contributed by atoms with Crippen LogP contribution in [0.4, 0.5) is 0 Å².